The van der Waals surface area contributed by atoms with Gasteiger partial charge in [-0.25, -0.2) is 0 Å². The molecule has 0 unspecified atom stereocenters. The smallest absolute Gasteiger partial charge is 0.253 e. The molecular weight excluding hydrogens is 324 g/mol. The second-order valence-corrected chi connectivity index (χ2v) is 6.41. The highest BCUT2D eigenvalue weighted by Gasteiger charge is 2.08. The molecular formula is C18H20N2O3S. The minimum absolute atomic E-state index is 0.00144. The first-order chi connectivity index (χ1) is 11.5. The summed E-state index contributed by atoms with van der Waals surface area (Å²) in [6, 6.07) is 9.03. The average molecular weight is 344 g/mol. The van der Waals surface area contributed by atoms with Gasteiger partial charge in [0.25, 0.3) is 5.91 Å². The Hall–Kier alpha value is -2.44. The monoisotopic (exact) mass is 344 g/mol. The fraction of sp³-hybridized carbons (Fsp3) is 0.222. The van der Waals surface area contributed by atoms with Crippen LogP contribution in [0, 0.1) is 0 Å². The SMILES string of the molecule is CN(C)C(=O)c1cccc(CNC(=O)C=Cc2cc(CO)cs2)c1. The normalized spacial score (nSPS) is 10.8. The number of hydrogen-bond donors (Lipinski definition) is 2. The van der Waals surface area contributed by atoms with E-state index in [0.717, 1.165) is 16.0 Å². The summed E-state index contributed by atoms with van der Waals surface area (Å²) < 4.78 is 0. The molecule has 24 heavy (non-hydrogen) atoms. The number of benzene rings is 1. The number of nitrogens with one attached hydrogen (secondary N) is 1. The highest BCUT2D eigenvalue weighted by Crippen LogP contribution is 2.16. The lowest BCUT2D eigenvalue weighted by atomic mass is 10.1. The standard InChI is InChI=1S/C18H20N2O3S/c1-20(2)18(23)15-5-3-4-13(8-15)10-19-17(22)7-6-16-9-14(11-21)12-24-16/h3-9,12,21H,10-11H2,1-2H3,(H,19,22). The van der Waals surface area contributed by atoms with Crippen molar-refractivity contribution >= 4 is 29.2 Å². The molecule has 0 bridgehead atoms. The second kappa shape index (κ2) is 8.42. The minimum Gasteiger partial charge on any atom is -0.392 e. The van der Waals surface area contributed by atoms with E-state index in [2.05, 4.69) is 5.32 Å². The molecule has 0 atom stereocenters. The van der Waals surface area contributed by atoms with E-state index in [9.17, 15) is 9.59 Å². The molecule has 6 heteroatoms. The van der Waals surface area contributed by atoms with Crippen LogP contribution in [-0.2, 0) is 17.9 Å². The van der Waals surface area contributed by atoms with Gasteiger partial charge < -0.3 is 15.3 Å². The molecule has 2 rings (SSSR count). The van der Waals surface area contributed by atoms with Gasteiger partial charge in [0.05, 0.1) is 6.61 Å². The zero-order valence-corrected chi connectivity index (χ0v) is 14.5. The van der Waals surface area contributed by atoms with E-state index in [4.69, 9.17) is 5.11 Å². The number of rotatable bonds is 6. The zero-order chi connectivity index (χ0) is 17.5. The van der Waals surface area contributed by atoms with Crippen LogP contribution in [0.4, 0.5) is 0 Å². The molecule has 2 amide bonds. The first kappa shape index (κ1) is 17.9. The van der Waals surface area contributed by atoms with E-state index in [-0.39, 0.29) is 18.4 Å². The molecule has 0 radical (unpaired) electrons. The number of aliphatic hydroxyl groups excluding tert-OH is 1. The highest BCUT2D eigenvalue weighted by molar-refractivity contribution is 7.11. The van der Waals surface area contributed by atoms with Crippen molar-refractivity contribution in [1.29, 1.82) is 0 Å². The molecule has 1 aromatic heterocycles. The molecule has 1 aromatic carbocycles. The number of carbonyl (C=O) groups excluding carboxylic acids is 2. The molecule has 0 saturated heterocycles. The van der Waals surface area contributed by atoms with Crippen LogP contribution < -0.4 is 5.32 Å². The lowest BCUT2D eigenvalue weighted by molar-refractivity contribution is -0.116. The van der Waals surface area contributed by atoms with Crippen LogP contribution in [0.25, 0.3) is 6.08 Å². The van der Waals surface area contributed by atoms with Gasteiger partial charge in [0.2, 0.25) is 5.91 Å². The Bertz CT molecular complexity index is 750. The van der Waals surface area contributed by atoms with Gasteiger partial charge in [-0.2, -0.15) is 0 Å². The largest absolute Gasteiger partial charge is 0.392 e. The summed E-state index contributed by atoms with van der Waals surface area (Å²) in [5.41, 5.74) is 2.29. The molecule has 0 fully saturated rings. The Morgan fingerprint density at radius 1 is 1.25 bits per heavy atom. The fourth-order valence-corrected chi connectivity index (χ4v) is 2.84. The van der Waals surface area contributed by atoms with Crippen molar-refractivity contribution in [1.82, 2.24) is 10.2 Å². The third-order valence-corrected chi connectivity index (χ3v) is 4.25. The number of nitrogens with zero attached hydrogens (tertiary/aromatic N) is 1. The number of amides is 2. The van der Waals surface area contributed by atoms with Gasteiger partial charge in [0.1, 0.15) is 0 Å². The Morgan fingerprint density at radius 3 is 2.71 bits per heavy atom. The van der Waals surface area contributed by atoms with Crippen LogP contribution in [0.5, 0.6) is 0 Å². The van der Waals surface area contributed by atoms with E-state index in [1.807, 2.05) is 17.5 Å². The Labute approximate surface area is 145 Å². The number of aliphatic hydroxyl groups is 1. The van der Waals surface area contributed by atoms with Crippen molar-refractivity contribution in [2.75, 3.05) is 14.1 Å². The first-order valence-electron chi connectivity index (χ1n) is 7.44. The van der Waals surface area contributed by atoms with Crippen LogP contribution in [0.3, 0.4) is 0 Å². The molecule has 0 aliphatic heterocycles. The maximum atomic E-state index is 11.9. The van der Waals surface area contributed by atoms with Crippen LogP contribution in [0.2, 0.25) is 0 Å². The van der Waals surface area contributed by atoms with Gasteiger partial charge in [-0.05, 0) is 40.8 Å². The topological polar surface area (TPSA) is 69.6 Å². The van der Waals surface area contributed by atoms with Crippen LogP contribution >= 0.6 is 11.3 Å². The third kappa shape index (κ3) is 5.04. The predicted molar refractivity (Wildman–Crippen MR) is 95.6 cm³/mol. The van der Waals surface area contributed by atoms with Gasteiger partial charge in [-0.3, -0.25) is 9.59 Å². The maximum Gasteiger partial charge on any atom is 0.253 e. The van der Waals surface area contributed by atoms with Crippen molar-refractivity contribution in [3.63, 3.8) is 0 Å². The molecule has 0 saturated carbocycles. The van der Waals surface area contributed by atoms with Crippen molar-refractivity contribution in [3.05, 3.63) is 63.4 Å². The van der Waals surface area contributed by atoms with Gasteiger partial charge in [-0.1, -0.05) is 12.1 Å². The molecule has 1 heterocycles. The van der Waals surface area contributed by atoms with E-state index in [1.54, 1.807) is 38.4 Å². The van der Waals surface area contributed by atoms with Crippen LogP contribution in [0.15, 0.2) is 41.8 Å². The van der Waals surface area contributed by atoms with Crippen LogP contribution in [0.1, 0.15) is 26.4 Å². The van der Waals surface area contributed by atoms with Crippen molar-refractivity contribution in [3.8, 4) is 0 Å². The van der Waals surface area contributed by atoms with Crippen molar-refractivity contribution < 1.29 is 14.7 Å². The van der Waals surface area contributed by atoms with E-state index in [1.165, 1.54) is 22.3 Å². The Balaban J connectivity index is 1.91. The molecule has 2 aromatic rings. The summed E-state index contributed by atoms with van der Waals surface area (Å²) in [4.78, 5) is 26.2. The van der Waals surface area contributed by atoms with E-state index >= 15 is 0 Å². The van der Waals surface area contributed by atoms with E-state index in [0.29, 0.717) is 12.1 Å². The number of thiophene rings is 1. The molecule has 2 N–H and O–H groups in total. The van der Waals surface area contributed by atoms with Gasteiger partial charge in [0.15, 0.2) is 0 Å². The molecule has 0 aliphatic carbocycles. The quantitative estimate of drug-likeness (QED) is 0.790. The molecule has 126 valence electrons. The summed E-state index contributed by atoms with van der Waals surface area (Å²) in [5.74, 6) is -0.279. The summed E-state index contributed by atoms with van der Waals surface area (Å²) in [6.45, 7) is 0.350. The van der Waals surface area contributed by atoms with Crippen LogP contribution in [-0.4, -0.2) is 35.9 Å². The number of carbonyl (C=O) groups is 2. The summed E-state index contributed by atoms with van der Waals surface area (Å²) in [6.07, 6.45) is 3.17. The third-order valence-electron chi connectivity index (χ3n) is 3.30. The molecule has 5 nitrogen and oxygen atoms in total. The molecule has 0 aliphatic rings. The second-order valence-electron chi connectivity index (χ2n) is 5.47. The van der Waals surface area contributed by atoms with Crippen molar-refractivity contribution in [2.24, 2.45) is 0 Å². The lowest BCUT2D eigenvalue weighted by Crippen LogP contribution is -2.23. The summed E-state index contributed by atoms with van der Waals surface area (Å²) >= 11 is 1.47. The fourth-order valence-electron chi connectivity index (χ4n) is 2.04. The van der Waals surface area contributed by atoms with Crippen molar-refractivity contribution in [2.45, 2.75) is 13.2 Å². The van der Waals surface area contributed by atoms with Gasteiger partial charge in [0, 0.05) is 37.2 Å². The number of hydrogen-bond acceptors (Lipinski definition) is 4. The first-order valence-corrected chi connectivity index (χ1v) is 8.32. The summed E-state index contributed by atoms with van der Waals surface area (Å²) in [7, 11) is 3.41. The summed E-state index contributed by atoms with van der Waals surface area (Å²) in [5, 5.41) is 13.7. The maximum absolute atomic E-state index is 11.9. The zero-order valence-electron chi connectivity index (χ0n) is 13.7. The Morgan fingerprint density at radius 2 is 2.04 bits per heavy atom. The molecule has 0 spiro atoms. The Kier molecular flexibility index (Phi) is 6.28. The highest BCUT2D eigenvalue weighted by atomic mass is 32.1. The minimum atomic E-state index is -0.210. The van der Waals surface area contributed by atoms with Gasteiger partial charge >= 0.3 is 0 Å². The van der Waals surface area contributed by atoms with E-state index < -0.39 is 0 Å². The van der Waals surface area contributed by atoms with Gasteiger partial charge in [-0.15, -0.1) is 11.3 Å². The lowest BCUT2D eigenvalue weighted by Gasteiger charge is -2.11. The average Bonchev–Trinajstić information content (AvgIpc) is 3.05. The predicted octanol–water partition coefficient (Wildman–Crippen LogP) is 2.27.